The summed E-state index contributed by atoms with van der Waals surface area (Å²) in [6.07, 6.45) is 8.08. The molecule has 72 valence electrons. The summed E-state index contributed by atoms with van der Waals surface area (Å²) in [6, 6.07) is 0.510. The Morgan fingerprint density at radius 2 is 2.08 bits per heavy atom. The van der Waals surface area contributed by atoms with E-state index in [2.05, 4.69) is 19.3 Å². The number of hydrogen-bond donors (Lipinski definition) is 1. The maximum atomic E-state index is 5.57. The minimum absolute atomic E-state index is 0.490. The number of hydrogen-bond acceptors (Lipinski definition) is 2. The van der Waals surface area contributed by atoms with E-state index in [-0.39, 0.29) is 0 Å². The van der Waals surface area contributed by atoms with Crippen LogP contribution in [-0.4, -0.2) is 12.1 Å². The lowest BCUT2D eigenvalue weighted by Crippen LogP contribution is -2.30. The minimum atomic E-state index is 0.490. The van der Waals surface area contributed by atoms with Crippen molar-refractivity contribution in [1.82, 2.24) is 5.48 Å². The molecule has 2 heteroatoms. The van der Waals surface area contributed by atoms with Crippen LogP contribution in [0.15, 0.2) is 0 Å². The molecule has 0 spiro atoms. The van der Waals surface area contributed by atoms with E-state index in [0.717, 1.165) is 0 Å². The van der Waals surface area contributed by atoms with Gasteiger partial charge in [-0.1, -0.05) is 26.2 Å². The van der Waals surface area contributed by atoms with Crippen LogP contribution in [0.1, 0.15) is 52.4 Å². The van der Waals surface area contributed by atoms with Crippen LogP contribution in [0.3, 0.4) is 0 Å². The van der Waals surface area contributed by atoms with E-state index in [0.29, 0.717) is 12.1 Å². The van der Waals surface area contributed by atoms with Crippen LogP contribution in [0.5, 0.6) is 0 Å². The fraction of sp³-hybridized carbons (Fsp3) is 1.00. The van der Waals surface area contributed by atoms with Crippen molar-refractivity contribution in [3.63, 3.8) is 0 Å². The van der Waals surface area contributed by atoms with Gasteiger partial charge in [0.2, 0.25) is 0 Å². The molecule has 1 fully saturated rings. The molecular weight excluding hydrogens is 150 g/mol. The van der Waals surface area contributed by atoms with Gasteiger partial charge in [-0.15, -0.1) is 0 Å². The number of hydroxylamine groups is 1. The zero-order chi connectivity index (χ0) is 8.81. The fourth-order valence-corrected chi connectivity index (χ4v) is 1.71. The van der Waals surface area contributed by atoms with Gasteiger partial charge in [0.05, 0.1) is 6.10 Å². The van der Waals surface area contributed by atoms with Crippen LogP contribution in [-0.2, 0) is 4.84 Å². The molecule has 1 saturated carbocycles. The first kappa shape index (κ1) is 10.0. The van der Waals surface area contributed by atoms with Gasteiger partial charge in [0.15, 0.2) is 0 Å². The lowest BCUT2D eigenvalue weighted by molar-refractivity contribution is -0.0383. The smallest absolute Gasteiger partial charge is 0.0790 e. The normalized spacial score (nSPS) is 21.5. The van der Waals surface area contributed by atoms with Crippen LogP contribution < -0.4 is 5.48 Å². The molecule has 0 radical (unpaired) electrons. The highest BCUT2D eigenvalue weighted by molar-refractivity contribution is 4.66. The standard InChI is InChI=1S/C10H21NO/c1-3-6-9(2)11-12-10-7-4-5-8-10/h9-11H,3-8H2,1-2H3. The Morgan fingerprint density at radius 3 is 2.67 bits per heavy atom. The van der Waals surface area contributed by atoms with E-state index in [1.165, 1.54) is 38.5 Å². The van der Waals surface area contributed by atoms with Crippen molar-refractivity contribution in [1.29, 1.82) is 0 Å². The second-order valence-electron chi connectivity index (χ2n) is 3.83. The predicted octanol–water partition coefficient (Wildman–Crippen LogP) is 2.64. The first-order valence-corrected chi connectivity index (χ1v) is 5.24. The third kappa shape index (κ3) is 3.55. The molecule has 0 bridgehead atoms. The Bertz CT molecular complexity index is 110. The molecule has 1 atom stereocenters. The topological polar surface area (TPSA) is 21.3 Å². The molecule has 2 nitrogen and oxygen atoms in total. The minimum Gasteiger partial charge on any atom is -0.298 e. The molecule has 12 heavy (non-hydrogen) atoms. The van der Waals surface area contributed by atoms with Crippen molar-refractivity contribution >= 4 is 0 Å². The molecule has 1 N–H and O–H groups in total. The van der Waals surface area contributed by atoms with E-state index in [4.69, 9.17) is 4.84 Å². The van der Waals surface area contributed by atoms with E-state index in [1.807, 2.05) is 0 Å². The Morgan fingerprint density at radius 1 is 1.42 bits per heavy atom. The summed E-state index contributed by atoms with van der Waals surface area (Å²) in [7, 11) is 0. The number of rotatable bonds is 5. The summed E-state index contributed by atoms with van der Waals surface area (Å²) in [5, 5.41) is 0. The summed E-state index contributed by atoms with van der Waals surface area (Å²) in [4.78, 5) is 5.57. The van der Waals surface area contributed by atoms with Crippen molar-refractivity contribution in [2.45, 2.75) is 64.5 Å². The van der Waals surface area contributed by atoms with Gasteiger partial charge >= 0.3 is 0 Å². The van der Waals surface area contributed by atoms with Crippen molar-refractivity contribution in [2.24, 2.45) is 0 Å². The molecule has 1 rings (SSSR count). The first-order chi connectivity index (χ1) is 5.83. The van der Waals surface area contributed by atoms with Crippen molar-refractivity contribution < 1.29 is 4.84 Å². The Hall–Kier alpha value is -0.0800. The van der Waals surface area contributed by atoms with Gasteiger partial charge in [-0.3, -0.25) is 4.84 Å². The fourth-order valence-electron chi connectivity index (χ4n) is 1.71. The molecule has 1 unspecified atom stereocenters. The third-order valence-corrected chi connectivity index (χ3v) is 2.46. The zero-order valence-corrected chi connectivity index (χ0v) is 8.31. The average Bonchev–Trinajstić information content (AvgIpc) is 2.53. The molecule has 0 aliphatic heterocycles. The lowest BCUT2D eigenvalue weighted by atomic mass is 10.2. The highest BCUT2D eigenvalue weighted by Crippen LogP contribution is 2.20. The van der Waals surface area contributed by atoms with Gasteiger partial charge in [-0.05, 0) is 26.2 Å². The lowest BCUT2D eigenvalue weighted by Gasteiger charge is -2.16. The van der Waals surface area contributed by atoms with E-state index >= 15 is 0 Å². The van der Waals surface area contributed by atoms with Gasteiger partial charge < -0.3 is 0 Å². The second-order valence-corrected chi connectivity index (χ2v) is 3.83. The summed E-state index contributed by atoms with van der Waals surface area (Å²) in [6.45, 7) is 4.38. The molecule has 1 aliphatic carbocycles. The summed E-state index contributed by atoms with van der Waals surface area (Å²) >= 11 is 0. The zero-order valence-electron chi connectivity index (χ0n) is 8.31. The van der Waals surface area contributed by atoms with Crippen LogP contribution >= 0.6 is 0 Å². The van der Waals surface area contributed by atoms with Crippen LogP contribution in [0.4, 0.5) is 0 Å². The molecule has 0 aromatic heterocycles. The molecule has 0 aromatic rings. The molecule has 0 saturated heterocycles. The van der Waals surface area contributed by atoms with Gasteiger partial charge in [0.25, 0.3) is 0 Å². The van der Waals surface area contributed by atoms with E-state index in [9.17, 15) is 0 Å². The largest absolute Gasteiger partial charge is 0.298 e. The maximum Gasteiger partial charge on any atom is 0.0790 e. The second kappa shape index (κ2) is 5.55. The Balaban J connectivity index is 1.99. The van der Waals surface area contributed by atoms with Gasteiger partial charge in [0, 0.05) is 6.04 Å². The monoisotopic (exact) mass is 171 g/mol. The van der Waals surface area contributed by atoms with Gasteiger partial charge in [-0.25, -0.2) is 0 Å². The van der Waals surface area contributed by atoms with Crippen molar-refractivity contribution in [2.75, 3.05) is 0 Å². The molecule has 0 heterocycles. The third-order valence-electron chi connectivity index (χ3n) is 2.46. The highest BCUT2D eigenvalue weighted by atomic mass is 16.7. The highest BCUT2D eigenvalue weighted by Gasteiger charge is 2.16. The van der Waals surface area contributed by atoms with Crippen LogP contribution in [0.2, 0.25) is 0 Å². The van der Waals surface area contributed by atoms with Crippen molar-refractivity contribution in [3.05, 3.63) is 0 Å². The van der Waals surface area contributed by atoms with E-state index < -0.39 is 0 Å². The number of nitrogens with one attached hydrogen (secondary N) is 1. The quantitative estimate of drug-likeness (QED) is 0.642. The molecular formula is C10H21NO. The average molecular weight is 171 g/mol. The first-order valence-electron chi connectivity index (χ1n) is 5.24. The van der Waals surface area contributed by atoms with Gasteiger partial charge in [0.1, 0.15) is 0 Å². The summed E-state index contributed by atoms with van der Waals surface area (Å²) in [5.41, 5.74) is 3.13. The SMILES string of the molecule is CCCC(C)NOC1CCCC1. The Labute approximate surface area is 75.6 Å². The van der Waals surface area contributed by atoms with Crippen molar-refractivity contribution in [3.8, 4) is 0 Å². The van der Waals surface area contributed by atoms with E-state index in [1.54, 1.807) is 0 Å². The summed E-state index contributed by atoms with van der Waals surface area (Å²) in [5.74, 6) is 0. The predicted molar refractivity (Wildman–Crippen MR) is 50.8 cm³/mol. The molecule has 0 aromatic carbocycles. The molecule has 1 aliphatic rings. The maximum absolute atomic E-state index is 5.57. The van der Waals surface area contributed by atoms with Crippen LogP contribution in [0.25, 0.3) is 0 Å². The van der Waals surface area contributed by atoms with Gasteiger partial charge in [-0.2, -0.15) is 5.48 Å². The molecule has 0 amide bonds. The van der Waals surface area contributed by atoms with Crippen LogP contribution in [0, 0.1) is 0 Å². The Kier molecular flexibility index (Phi) is 4.62. The summed E-state index contributed by atoms with van der Waals surface area (Å²) < 4.78 is 0.